The minimum Gasteiger partial charge on any atom is -0.463 e. The number of allylic oxidation sites excluding steroid dienone is 2. The average Bonchev–Trinajstić information content (AvgIpc) is 3.91. The molecule has 16 heteroatoms. The molecule has 5 rings (SSSR count). The number of H-pyrrole nitrogens is 1. The van der Waals surface area contributed by atoms with Crippen molar-refractivity contribution in [2.45, 2.75) is 150 Å². The highest BCUT2D eigenvalue weighted by Crippen LogP contribution is 2.39. The van der Waals surface area contributed by atoms with Crippen LogP contribution in [0.4, 0.5) is 5.69 Å². The molecule has 16 nitrogen and oxygen atoms in total. The van der Waals surface area contributed by atoms with E-state index in [1.54, 1.807) is 25.1 Å². The van der Waals surface area contributed by atoms with Gasteiger partial charge in [-0.05, 0) is 146 Å². The summed E-state index contributed by atoms with van der Waals surface area (Å²) in [5.74, 6) is -3.37. The van der Waals surface area contributed by atoms with Gasteiger partial charge in [0, 0.05) is 42.1 Å². The van der Waals surface area contributed by atoms with Crippen LogP contribution in [0, 0.1) is 25.7 Å². The minimum absolute atomic E-state index is 0.149. The molecule has 5 N–H and O–H groups in total. The molecule has 0 saturated heterocycles. The van der Waals surface area contributed by atoms with Crippen molar-refractivity contribution in [2.24, 2.45) is 11.8 Å². The molecule has 386 valence electrons. The Kier molecular flexibility index (Phi) is 21.6. The van der Waals surface area contributed by atoms with E-state index in [-0.39, 0.29) is 60.7 Å². The van der Waals surface area contributed by atoms with Crippen LogP contribution in [0.2, 0.25) is 0 Å². The number of rotatable bonds is 27. The van der Waals surface area contributed by atoms with Crippen molar-refractivity contribution in [1.29, 1.82) is 0 Å². The summed E-state index contributed by atoms with van der Waals surface area (Å²) < 4.78 is 22.1. The Bertz CT molecular complexity index is 2350. The van der Waals surface area contributed by atoms with Crippen molar-refractivity contribution in [1.82, 2.24) is 15.2 Å². The first kappa shape index (κ1) is 55.8. The van der Waals surface area contributed by atoms with Crippen LogP contribution in [-0.2, 0) is 44.6 Å². The van der Waals surface area contributed by atoms with E-state index in [1.165, 1.54) is 13.0 Å². The molecule has 0 spiro atoms. The summed E-state index contributed by atoms with van der Waals surface area (Å²) in [5.41, 5.74) is 4.81. The van der Waals surface area contributed by atoms with Crippen LogP contribution >= 0.6 is 0 Å². The van der Waals surface area contributed by atoms with Crippen LogP contribution in [-0.4, -0.2) is 112 Å². The molecule has 0 bridgehead atoms. The SMILES string of the molecule is CCN(CC)CCNC(=O)c1c(C)[nH]c(/C=C2\C(=O)Nc3ccc(OC(=O)CCC(=O)OC(C)C(=O)O[C@@H](CCc4ccccc4)CC[C@@H]4[C@@H](C/C=C\CCCC(=O)OC(C)C)[C@@H](O)C[C@H]4O)cc32)c1C. The molecule has 0 radical (unpaired) electrons. The molecule has 2 aliphatic rings. The smallest absolute Gasteiger partial charge is 0.347 e. The number of hydrogen-bond donors (Lipinski definition) is 5. The maximum atomic E-state index is 13.4. The first-order valence-corrected chi connectivity index (χ1v) is 25.2. The number of likely N-dealkylation sites (N-methyl/N-ethyl adjacent to an activating group) is 1. The van der Waals surface area contributed by atoms with Gasteiger partial charge in [-0.2, -0.15) is 0 Å². The standard InChI is InChI=1S/C55H74N4O12/c1-8-59(9-2)30-29-56-54(66)52-35(5)46(57-36(52)6)32-44-43-31-40(24-26-45(43)58-53(44)65)70-51(64)28-27-50(63)69-37(7)55(67)71-39(22-21-38-17-13-12-14-18-38)23-25-42-41(47(60)33-48(42)61)19-15-10-11-16-20-49(62)68-34(3)4/h10,12-15,17-18,24,26,31-32,34,37,39,41-42,47-48,57,60-61H,8-9,11,16,19-23,25,27-30,33H2,1-7H3,(H,56,66)(H,58,65)/b15-10-,44-32-/t37?,39-,41+,42+,47-,48+/m0/s1. The topological polar surface area (TPSA) is 223 Å². The molecule has 1 aliphatic heterocycles. The number of carbonyl (C=O) groups excluding carboxylic acids is 6. The Labute approximate surface area is 417 Å². The van der Waals surface area contributed by atoms with E-state index < -0.39 is 42.3 Å². The van der Waals surface area contributed by atoms with Gasteiger partial charge < -0.3 is 49.7 Å². The van der Waals surface area contributed by atoms with Crippen LogP contribution in [0.1, 0.15) is 137 Å². The third-order valence-electron chi connectivity index (χ3n) is 13.2. The number of nitrogens with one attached hydrogen (secondary N) is 3. The van der Waals surface area contributed by atoms with E-state index in [9.17, 15) is 39.0 Å². The van der Waals surface area contributed by atoms with Gasteiger partial charge >= 0.3 is 23.9 Å². The Hall–Kier alpha value is -6.10. The van der Waals surface area contributed by atoms with Gasteiger partial charge in [0.2, 0.25) is 0 Å². The number of esters is 4. The lowest BCUT2D eigenvalue weighted by atomic mass is 9.85. The predicted molar refractivity (Wildman–Crippen MR) is 270 cm³/mol. The fraction of sp³-hybridized carbons (Fsp3) is 0.527. The maximum absolute atomic E-state index is 13.4. The number of nitrogens with zero attached hydrogens (tertiary/aromatic N) is 1. The Morgan fingerprint density at radius 2 is 1.56 bits per heavy atom. The average molecular weight is 983 g/mol. The molecule has 71 heavy (non-hydrogen) atoms. The molecule has 1 fully saturated rings. The number of aliphatic hydroxyl groups excluding tert-OH is 2. The molecule has 1 aliphatic carbocycles. The van der Waals surface area contributed by atoms with Gasteiger partial charge in [0.05, 0.1) is 42.3 Å². The molecule has 1 aromatic heterocycles. The molecule has 2 heterocycles. The maximum Gasteiger partial charge on any atom is 0.347 e. The second-order valence-electron chi connectivity index (χ2n) is 18.8. The van der Waals surface area contributed by atoms with Crippen molar-refractivity contribution in [2.75, 3.05) is 31.5 Å². The number of unbranched alkanes of at least 4 members (excludes halogenated alkanes) is 1. The molecule has 2 aromatic carbocycles. The number of aliphatic hydroxyl groups is 2. The van der Waals surface area contributed by atoms with Crippen LogP contribution in [0.5, 0.6) is 5.75 Å². The number of anilines is 1. The molecular weight excluding hydrogens is 909 g/mol. The fourth-order valence-electron chi connectivity index (χ4n) is 9.26. The van der Waals surface area contributed by atoms with Gasteiger partial charge in [-0.25, -0.2) is 4.79 Å². The quantitative estimate of drug-likeness (QED) is 0.0124. The first-order chi connectivity index (χ1) is 34.0. The van der Waals surface area contributed by atoms with E-state index in [0.29, 0.717) is 97.3 Å². The lowest BCUT2D eigenvalue weighted by Gasteiger charge is -2.26. The van der Waals surface area contributed by atoms with Crippen molar-refractivity contribution >= 4 is 53.0 Å². The number of aromatic amines is 1. The molecule has 2 amide bonds. The molecule has 1 unspecified atom stereocenters. The number of hydrogen-bond acceptors (Lipinski definition) is 13. The zero-order valence-electron chi connectivity index (χ0n) is 42.4. The highest BCUT2D eigenvalue weighted by atomic mass is 16.6. The lowest BCUT2D eigenvalue weighted by Crippen LogP contribution is -2.35. The molecule has 3 aromatic rings. The summed E-state index contributed by atoms with van der Waals surface area (Å²) in [6.07, 6.45) is 5.93. The first-order valence-electron chi connectivity index (χ1n) is 25.2. The van der Waals surface area contributed by atoms with Crippen LogP contribution in [0.25, 0.3) is 11.6 Å². The molecular formula is C55H74N4O12. The summed E-state index contributed by atoms with van der Waals surface area (Å²) in [6, 6.07) is 14.4. The summed E-state index contributed by atoms with van der Waals surface area (Å²) >= 11 is 0. The second-order valence-corrected chi connectivity index (χ2v) is 18.8. The van der Waals surface area contributed by atoms with Crippen LogP contribution in [0.3, 0.4) is 0 Å². The highest BCUT2D eigenvalue weighted by Gasteiger charge is 2.41. The third-order valence-corrected chi connectivity index (χ3v) is 13.2. The minimum atomic E-state index is -1.27. The summed E-state index contributed by atoms with van der Waals surface area (Å²) in [4.78, 5) is 82.9. The van der Waals surface area contributed by atoms with Crippen LogP contribution in [0.15, 0.2) is 60.7 Å². The summed E-state index contributed by atoms with van der Waals surface area (Å²) in [5, 5.41) is 27.7. The van der Waals surface area contributed by atoms with Gasteiger partial charge in [-0.15, -0.1) is 0 Å². The van der Waals surface area contributed by atoms with Gasteiger partial charge in [0.1, 0.15) is 11.9 Å². The number of benzene rings is 2. The summed E-state index contributed by atoms with van der Waals surface area (Å²) in [6.45, 7) is 15.8. The Balaban J connectivity index is 1.13. The van der Waals surface area contributed by atoms with Crippen molar-refractivity contribution in [3.05, 3.63) is 94.3 Å². The second kappa shape index (κ2) is 27.5. The number of aryl methyl sites for hydroxylation is 2. The van der Waals surface area contributed by atoms with Crippen molar-refractivity contribution in [3.8, 4) is 5.75 Å². The molecule has 1 saturated carbocycles. The third kappa shape index (κ3) is 16.8. The normalized spacial score (nSPS) is 18.9. The van der Waals surface area contributed by atoms with E-state index in [1.807, 2.05) is 63.3 Å². The number of amides is 2. The Morgan fingerprint density at radius 1 is 0.859 bits per heavy atom. The van der Waals surface area contributed by atoms with Crippen molar-refractivity contribution < 1.29 is 57.9 Å². The number of ether oxygens (including phenoxy) is 4. The van der Waals surface area contributed by atoms with E-state index in [4.69, 9.17) is 18.9 Å². The van der Waals surface area contributed by atoms with Crippen molar-refractivity contribution in [3.63, 3.8) is 0 Å². The predicted octanol–water partition coefficient (Wildman–Crippen LogP) is 7.56. The monoisotopic (exact) mass is 983 g/mol. The zero-order valence-corrected chi connectivity index (χ0v) is 42.4. The summed E-state index contributed by atoms with van der Waals surface area (Å²) in [7, 11) is 0. The number of fused-ring (bicyclic) bond motifs is 1. The van der Waals surface area contributed by atoms with Crippen LogP contribution < -0.4 is 15.4 Å². The number of carbonyl (C=O) groups is 6. The zero-order chi connectivity index (χ0) is 51.6. The largest absolute Gasteiger partial charge is 0.463 e. The van der Waals surface area contributed by atoms with E-state index in [0.717, 1.165) is 25.2 Å². The van der Waals surface area contributed by atoms with Gasteiger partial charge in [0.25, 0.3) is 11.8 Å². The van der Waals surface area contributed by atoms with Gasteiger partial charge in [-0.3, -0.25) is 24.0 Å². The van der Waals surface area contributed by atoms with E-state index in [2.05, 4.69) is 34.4 Å². The lowest BCUT2D eigenvalue weighted by molar-refractivity contribution is -0.171. The van der Waals surface area contributed by atoms with Gasteiger partial charge in [0.15, 0.2) is 6.10 Å². The Morgan fingerprint density at radius 3 is 2.28 bits per heavy atom. The fourth-order valence-corrected chi connectivity index (χ4v) is 9.26. The highest BCUT2D eigenvalue weighted by molar-refractivity contribution is 6.35. The van der Waals surface area contributed by atoms with Gasteiger partial charge in [-0.1, -0.05) is 56.3 Å². The number of aromatic nitrogens is 1. The molecule has 6 atom stereocenters. The van der Waals surface area contributed by atoms with E-state index >= 15 is 0 Å².